The topological polar surface area (TPSA) is 32.3 Å². The molecule has 17 heavy (non-hydrogen) atoms. The summed E-state index contributed by atoms with van der Waals surface area (Å²) in [6.07, 6.45) is 1.83. The van der Waals surface area contributed by atoms with E-state index in [0.29, 0.717) is 0 Å². The van der Waals surface area contributed by atoms with Gasteiger partial charge in [-0.05, 0) is 13.8 Å². The SMILES string of the molecule is Cc1cnc(C)c(N2CCN(CCBr)CC2)n1. The van der Waals surface area contributed by atoms with E-state index in [1.54, 1.807) is 0 Å². The van der Waals surface area contributed by atoms with Gasteiger partial charge in [0.1, 0.15) is 5.82 Å². The third kappa shape index (κ3) is 3.16. The Morgan fingerprint density at radius 2 is 1.94 bits per heavy atom. The molecule has 4 nitrogen and oxygen atoms in total. The first-order chi connectivity index (χ1) is 8.20. The van der Waals surface area contributed by atoms with Crippen molar-refractivity contribution < 1.29 is 0 Å². The maximum atomic E-state index is 4.60. The normalized spacial score (nSPS) is 17.5. The first-order valence-electron chi connectivity index (χ1n) is 6.04. The minimum absolute atomic E-state index is 0.994. The molecular weight excluding hydrogens is 280 g/mol. The largest absolute Gasteiger partial charge is 0.353 e. The van der Waals surface area contributed by atoms with Crippen LogP contribution < -0.4 is 4.90 Å². The van der Waals surface area contributed by atoms with Crippen LogP contribution in [0.2, 0.25) is 0 Å². The quantitative estimate of drug-likeness (QED) is 0.794. The molecule has 0 aromatic carbocycles. The van der Waals surface area contributed by atoms with Crippen molar-refractivity contribution in [2.45, 2.75) is 13.8 Å². The molecule has 1 saturated heterocycles. The van der Waals surface area contributed by atoms with Crippen LogP contribution in [0.4, 0.5) is 5.82 Å². The second-order valence-electron chi connectivity index (χ2n) is 4.44. The summed E-state index contributed by atoms with van der Waals surface area (Å²) in [6.45, 7) is 9.48. The van der Waals surface area contributed by atoms with E-state index in [0.717, 1.165) is 55.3 Å². The number of rotatable bonds is 3. The summed E-state index contributed by atoms with van der Waals surface area (Å²) < 4.78 is 0. The fraction of sp³-hybridized carbons (Fsp3) is 0.667. The molecule has 1 aromatic rings. The zero-order valence-electron chi connectivity index (χ0n) is 10.5. The smallest absolute Gasteiger partial charge is 0.150 e. The molecule has 1 fully saturated rings. The van der Waals surface area contributed by atoms with Crippen molar-refractivity contribution in [2.24, 2.45) is 0 Å². The van der Waals surface area contributed by atoms with Gasteiger partial charge in [0.15, 0.2) is 0 Å². The molecule has 0 atom stereocenters. The van der Waals surface area contributed by atoms with Crippen LogP contribution in [-0.4, -0.2) is 52.9 Å². The number of nitrogens with zero attached hydrogens (tertiary/aromatic N) is 4. The van der Waals surface area contributed by atoms with E-state index in [-0.39, 0.29) is 0 Å². The van der Waals surface area contributed by atoms with Crippen LogP contribution in [0.1, 0.15) is 11.4 Å². The summed E-state index contributed by atoms with van der Waals surface area (Å²) in [5.41, 5.74) is 2.03. The number of alkyl halides is 1. The molecule has 1 aliphatic rings. The molecule has 0 radical (unpaired) electrons. The van der Waals surface area contributed by atoms with Crippen LogP contribution in [0, 0.1) is 13.8 Å². The monoisotopic (exact) mass is 298 g/mol. The van der Waals surface area contributed by atoms with E-state index >= 15 is 0 Å². The van der Waals surface area contributed by atoms with Crippen LogP contribution >= 0.6 is 15.9 Å². The highest BCUT2D eigenvalue weighted by molar-refractivity contribution is 9.09. The minimum atomic E-state index is 0.994. The van der Waals surface area contributed by atoms with Crippen molar-refractivity contribution in [3.63, 3.8) is 0 Å². The van der Waals surface area contributed by atoms with Gasteiger partial charge in [0, 0.05) is 44.3 Å². The molecule has 2 rings (SSSR count). The van der Waals surface area contributed by atoms with Crippen LogP contribution in [0.25, 0.3) is 0 Å². The summed E-state index contributed by atoms with van der Waals surface area (Å²) in [5.74, 6) is 1.06. The number of aromatic nitrogens is 2. The van der Waals surface area contributed by atoms with E-state index in [1.165, 1.54) is 0 Å². The molecule has 0 aliphatic carbocycles. The number of hydrogen-bond donors (Lipinski definition) is 0. The molecular formula is C12H19BrN4. The van der Waals surface area contributed by atoms with Crippen molar-refractivity contribution in [1.82, 2.24) is 14.9 Å². The van der Waals surface area contributed by atoms with E-state index < -0.39 is 0 Å². The molecule has 0 amide bonds. The van der Waals surface area contributed by atoms with Crippen LogP contribution in [-0.2, 0) is 0 Å². The Morgan fingerprint density at radius 1 is 1.24 bits per heavy atom. The Morgan fingerprint density at radius 3 is 2.59 bits per heavy atom. The van der Waals surface area contributed by atoms with Crippen molar-refractivity contribution in [3.8, 4) is 0 Å². The predicted molar refractivity (Wildman–Crippen MR) is 74.0 cm³/mol. The predicted octanol–water partition coefficient (Wildman–Crippen LogP) is 1.61. The second kappa shape index (κ2) is 5.78. The van der Waals surface area contributed by atoms with E-state index in [4.69, 9.17) is 0 Å². The van der Waals surface area contributed by atoms with E-state index in [9.17, 15) is 0 Å². The summed E-state index contributed by atoms with van der Waals surface area (Å²) in [7, 11) is 0. The summed E-state index contributed by atoms with van der Waals surface area (Å²) in [5, 5.41) is 1.05. The Kier molecular flexibility index (Phi) is 4.34. The summed E-state index contributed by atoms with van der Waals surface area (Å²) in [6, 6.07) is 0. The fourth-order valence-corrected chi connectivity index (χ4v) is 2.63. The standard InChI is InChI=1S/C12H19BrN4/c1-10-9-14-11(2)12(15-10)17-7-5-16(4-3-13)6-8-17/h9H,3-8H2,1-2H3. The van der Waals surface area contributed by atoms with Gasteiger partial charge in [-0.25, -0.2) is 4.98 Å². The van der Waals surface area contributed by atoms with E-state index in [1.807, 2.05) is 20.0 Å². The second-order valence-corrected chi connectivity index (χ2v) is 5.23. The number of piperazine rings is 1. The number of halogens is 1. The highest BCUT2D eigenvalue weighted by Crippen LogP contribution is 2.17. The first-order valence-corrected chi connectivity index (χ1v) is 7.16. The van der Waals surface area contributed by atoms with Gasteiger partial charge in [0.25, 0.3) is 0 Å². The van der Waals surface area contributed by atoms with Crippen molar-refractivity contribution >= 4 is 21.7 Å². The molecule has 0 saturated carbocycles. The molecule has 0 spiro atoms. The molecule has 1 aromatic heterocycles. The van der Waals surface area contributed by atoms with Gasteiger partial charge in [-0.15, -0.1) is 0 Å². The lowest BCUT2D eigenvalue weighted by atomic mass is 10.3. The molecule has 0 bridgehead atoms. The zero-order valence-corrected chi connectivity index (χ0v) is 12.1. The molecule has 94 valence electrons. The maximum Gasteiger partial charge on any atom is 0.150 e. The Balaban J connectivity index is 2.02. The van der Waals surface area contributed by atoms with E-state index in [2.05, 4.69) is 35.7 Å². The lowest BCUT2D eigenvalue weighted by Gasteiger charge is -2.35. The van der Waals surface area contributed by atoms with Crippen molar-refractivity contribution in [2.75, 3.05) is 43.0 Å². The Bertz CT molecular complexity index is 375. The number of aryl methyl sites for hydroxylation is 2. The van der Waals surface area contributed by atoms with Gasteiger partial charge >= 0.3 is 0 Å². The Labute approximate surface area is 111 Å². The molecule has 0 unspecified atom stereocenters. The maximum absolute atomic E-state index is 4.60. The molecule has 2 heterocycles. The first kappa shape index (κ1) is 12.8. The van der Waals surface area contributed by atoms with Crippen molar-refractivity contribution in [3.05, 3.63) is 17.6 Å². The average Bonchev–Trinajstić information content (AvgIpc) is 2.34. The van der Waals surface area contributed by atoms with Crippen molar-refractivity contribution in [1.29, 1.82) is 0 Å². The fourth-order valence-electron chi connectivity index (χ4n) is 2.13. The lowest BCUT2D eigenvalue weighted by molar-refractivity contribution is 0.273. The minimum Gasteiger partial charge on any atom is -0.353 e. The zero-order chi connectivity index (χ0) is 12.3. The highest BCUT2D eigenvalue weighted by Gasteiger charge is 2.19. The third-order valence-corrected chi connectivity index (χ3v) is 3.48. The summed E-state index contributed by atoms with van der Waals surface area (Å²) >= 11 is 3.49. The van der Waals surface area contributed by atoms with Crippen LogP contribution in [0.3, 0.4) is 0 Å². The highest BCUT2D eigenvalue weighted by atomic mass is 79.9. The lowest BCUT2D eigenvalue weighted by Crippen LogP contribution is -2.47. The molecule has 5 heteroatoms. The van der Waals surface area contributed by atoms with Crippen LogP contribution in [0.15, 0.2) is 6.20 Å². The van der Waals surface area contributed by atoms with Gasteiger partial charge in [0.05, 0.1) is 11.4 Å². The van der Waals surface area contributed by atoms with Crippen LogP contribution in [0.5, 0.6) is 0 Å². The van der Waals surface area contributed by atoms with Gasteiger partial charge in [0.2, 0.25) is 0 Å². The average molecular weight is 299 g/mol. The third-order valence-electron chi connectivity index (χ3n) is 3.12. The number of anilines is 1. The molecule has 0 N–H and O–H groups in total. The van der Waals surface area contributed by atoms with Gasteiger partial charge in [-0.3, -0.25) is 9.88 Å². The van der Waals surface area contributed by atoms with Gasteiger partial charge in [-0.2, -0.15) is 0 Å². The number of hydrogen-bond acceptors (Lipinski definition) is 4. The Hall–Kier alpha value is -0.680. The summed E-state index contributed by atoms with van der Waals surface area (Å²) in [4.78, 5) is 13.8. The molecule has 1 aliphatic heterocycles. The van der Waals surface area contributed by atoms with Gasteiger partial charge < -0.3 is 4.90 Å². The van der Waals surface area contributed by atoms with Gasteiger partial charge in [-0.1, -0.05) is 15.9 Å².